The van der Waals surface area contributed by atoms with E-state index in [1.54, 1.807) is 4.90 Å². The Hall–Kier alpha value is -1.02. The normalized spacial score (nSPS) is 17.7. The second-order valence-electron chi connectivity index (χ2n) is 4.05. The van der Waals surface area contributed by atoms with Gasteiger partial charge in [0, 0.05) is 13.1 Å². The van der Waals surface area contributed by atoms with Gasteiger partial charge in [-0.3, -0.25) is 0 Å². The highest BCUT2D eigenvalue weighted by Crippen LogP contribution is 2.30. The van der Waals surface area contributed by atoms with Gasteiger partial charge in [0.15, 0.2) is 0 Å². The molecule has 0 atom stereocenters. The lowest BCUT2D eigenvalue weighted by Gasteiger charge is -2.29. The number of aromatic nitrogens is 2. The van der Waals surface area contributed by atoms with E-state index in [-0.39, 0.29) is 18.4 Å². The molecule has 0 radical (unpaired) electrons. The predicted molar refractivity (Wildman–Crippen MR) is 60.5 cm³/mol. The minimum atomic E-state index is -4.58. The highest BCUT2D eigenvalue weighted by Gasteiger charge is 2.39. The fourth-order valence-electron chi connectivity index (χ4n) is 1.82. The maximum Gasteiger partial charge on any atom is 0.470 e. The molecular formula is C9H14ClF3N4O. The van der Waals surface area contributed by atoms with Crippen molar-refractivity contribution in [3.8, 4) is 0 Å². The van der Waals surface area contributed by atoms with Crippen LogP contribution in [-0.2, 0) is 6.18 Å². The van der Waals surface area contributed by atoms with Crippen LogP contribution in [-0.4, -0.2) is 29.8 Å². The van der Waals surface area contributed by atoms with E-state index < -0.39 is 12.1 Å². The minimum Gasteiger partial charge on any atom is -0.399 e. The van der Waals surface area contributed by atoms with Gasteiger partial charge in [0.2, 0.25) is 0 Å². The SMILES string of the molecule is Cl.NCC1CCN(c2nnc(C(F)(F)F)o2)CC1. The highest BCUT2D eigenvalue weighted by atomic mass is 35.5. The van der Waals surface area contributed by atoms with Crippen molar-refractivity contribution >= 4 is 18.4 Å². The van der Waals surface area contributed by atoms with E-state index in [0.717, 1.165) is 12.8 Å². The molecule has 0 unspecified atom stereocenters. The first-order valence-corrected chi connectivity index (χ1v) is 5.36. The van der Waals surface area contributed by atoms with Gasteiger partial charge >= 0.3 is 18.1 Å². The summed E-state index contributed by atoms with van der Waals surface area (Å²) in [5.74, 6) is -0.871. The third-order valence-electron chi connectivity index (χ3n) is 2.88. The zero-order chi connectivity index (χ0) is 12.5. The first-order valence-electron chi connectivity index (χ1n) is 5.36. The lowest BCUT2D eigenvalue weighted by atomic mass is 9.97. The number of hydrogen-bond acceptors (Lipinski definition) is 5. The molecule has 0 aliphatic carbocycles. The Kier molecular flexibility index (Phi) is 4.80. The third-order valence-corrected chi connectivity index (χ3v) is 2.88. The largest absolute Gasteiger partial charge is 0.470 e. The Morgan fingerprint density at radius 2 is 1.89 bits per heavy atom. The van der Waals surface area contributed by atoms with Crippen LogP contribution in [0.2, 0.25) is 0 Å². The van der Waals surface area contributed by atoms with Crippen molar-refractivity contribution < 1.29 is 17.6 Å². The molecule has 5 nitrogen and oxygen atoms in total. The molecule has 104 valence electrons. The summed E-state index contributed by atoms with van der Waals surface area (Å²) in [7, 11) is 0. The van der Waals surface area contributed by atoms with Crippen LogP contribution in [0.1, 0.15) is 18.7 Å². The van der Waals surface area contributed by atoms with Gasteiger partial charge in [-0.15, -0.1) is 17.5 Å². The van der Waals surface area contributed by atoms with Gasteiger partial charge in [-0.2, -0.15) is 13.2 Å². The van der Waals surface area contributed by atoms with Crippen molar-refractivity contribution in [1.82, 2.24) is 10.2 Å². The van der Waals surface area contributed by atoms with Gasteiger partial charge in [-0.1, -0.05) is 5.10 Å². The maximum absolute atomic E-state index is 12.3. The lowest BCUT2D eigenvalue weighted by molar-refractivity contribution is -0.157. The van der Waals surface area contributed by atoms with Gasteiger partial charge < -0.3 is 15.1 Å². The summed E-state index contributed by atoms with van der Waals surface area (Å²) in [5.41, 5.74) is 5.53. The molecule has 0 amide bonds. The summed E-state index contributed by atoms with van der Waals surface area (Å²) in [5, 5.41) is 6.41. The lowest BCUT2D eigenvalue weighted by Crippen LogP contribution is -2.36. The fraction of sp³-hybridized carbons (Fsp3) is 0.778. The van der Waals surface area contributed by atoms with E-state index in [2.05, 4.69) is 14.6 Å². The highest BCUT2D eigenvalue weighted by molar-refractivity contribution is 5.85. The van der Waals surface area contributed by atoms with Crippen LogP contribution in [0.5, 0.6) is 0 Å². The smallest absolute Gasteiger partial charge is 0.399 e. The standard InChI is InChI=1S/C9H13F3N4O.ClH/c10-9(11,12)7-14-15-8(17-7)16-3-1-6(5-13)2-4-16;/h6H,1-5,13H2;1H. The molecule has 2 rings (SSSR count). The van der Waals surface area contributed by atoms with E-state index in [9.17, 15) is 13.2 Å². The Bertz CT molecular complexity index is 376. The molecule has 0 saturated carbocycles. The second-order valence-corrected chi connectivity index (χ2v) is 4.05. The number of piperidine rings is 1. The quantitative estimate of drug-likeness (QED) is 0.896. The number of halogens is 4. The number of nitrogens with two attached hydrogens (primary N) is 1. The van der Waals surface area contributed by atoms with Crippen molar-refractivity contribution in [2.24, 2.45) is 11.7 Å². The molecule has 1 fully saturated rings. The Balaban J connectivity index is 0.00000162. The molecule has 9 heteroatoms. The summed E-state index contributed by atoms with van der Waals surface area (Å²) >= 11 is 0. The topological polar surface area (TPSA) is 68.2 Å². The molecule has 1 saturated heterocycles. The molecule has 1 aliphatic heterocycles. The summed E-state index contributed by atoms with van der Waals surface area (Å²) < 4.78 is 41.4. The Morgan fingerprint density at radius 1 is 1.28 bits per heavy atom. The Morgan fingerprint density at radius 3 is 2.33 bits per heavy atom. The maximum atomic E-state index is 12.3. The molecule has 2 N–H and O–H groups in total. The number of alkyl halides is 3. The first-order chi connectivity index (χ1) is 8.00. The monoisotopic (exact) mass is 286 g/mol. The van der Waals surface area contributed by atoms with E-state index in [1.165, 1.54) is 0 Å². The summed E-state index contributed by atoms with van der Waals surface area (Å²) in [4.78, 5) is 1.66. The van der Waals surface area contributed by atoms with Crippen LogP contribution in [0.15, 0.2) is 4.42 Å². The van der Waals surface area contributed by atoms with Crippen molar-refractivity contribution in [1.29, 1.82) is 0 Å². The van der Waals surface area contributed by atoms with Gasteiger partial charge in [0.1, 0.15) is 0 Å². The van der Waals surface area contributed by atoms with Crippen LogP contribution >= 0.6 is 12.4 Å². The molecule has 1 aromatic rings. The Labute approximate surface area is 108 Å². The van der Waals surface area contributed by atoms with Crippen molar-refractivity contribution in [2.75, 3.05) is 24.5 Å². The molecule has 0 aromatic carbocycles. The minimum absolute atomic E-state index is 0. The van der Waals surface area contributed by atoms with E-state index in [4.69, 9.17) is 5.73 Å². The zero-order valence-electron chi connectivity index (χ0n) is 9.48. The van der Waals surface area contributed by atoms with Gasteiger partial charge in [-0.05, 0) is 25.3 Å². The number of anilines is 1. The van der Waals surface area contributed by atoms with Crippen molar-refractivity contribution in [3.05, 3.63) is 5.89 Å². The van der Waals surface area contributed by atoms with Crippen molar-refractivity contribution in [3.63, 3.8) is 0 Å². The first kappa shape index (κ1) is 15.0. The zero-order valence-corrected chi connectivity index (χ0v) is 10.3. The molecule has 18 heavy (non-hydrogen) atoms. The van der Waals surface area contributed by atoms with Crippen LogP contribution in [0.4, 0.5) is 19.2 Å². The summed E-state index contributed by atoms with van der Waals surface area (Å²) in [6, 6.07) is -0.0622. The summed E-state index contributed by atoms with van der Waals surface area (Å²) in [6.45, 7) is 1.80. The number of hydrogen-bond donors (Lipinski definition) is 1. The van der Waals surface area contributed by atoms with E-state index in [1.807, 2.05) is 0 Å². The van der Waals surface area contributed by atoms with Crippen molar-refractivity contribution in [2.45, 2.75) is 19.0 Å². The van der Waals surface area contributed by atoms with Gasteiger partial charge in [0.25, 0.3) is 0 Å². The van der Waals surface area contributed by atoms with Crippen LogP contribution in [0.3, 0.4) is 0 Å². The molecule has 1 aromatic heterocycles. The van der Waals surface area contributed by atoms with E-state index in [0.29, 0.717) is 25.6 Å². The van der Waals surface area contributed by atoms with Crippen LogP contribution in [0, 0.1) is 5.92 Å². The number of rotatable bonds is 2. The second kappa shape index (κ2) is 5.75. The van der Waals surface area contributed by atoms with Crippen LogP contribution in [0.25, 0.3) is 0 Å². The number of nitrogens with zero attached hydrogens (tertiary/aromatic N) is 3. The van der Waals surface area contributed by atoms with Gasteiger partial charge in [-0.25, -0.2) is 0 Å². The van der Waals surface area contributed by atoms with E-state index >= 15 is 0 Å². The predicted octanol–water partition coefficient (Wildman–Crippen LogP) is 1.69. The average Bonchev–Trinajstić information content (AvgIpc) is 2.78. The molecule has 1 aliphatic rings. The average molecular weight is 287 g/mol. The molecular weight excluding hydrogens is 273 g/mol. The summed E-state index contributed by atoms with van der Waals surface area (Å²) in [6.07, 6.45) is -2.92. The van der Waals surface area contributed by atoms with Gasteiger partial charge in [0.05, 0.1) is 0 Å². The molecule has 0 spiro atoms. The third kappa shape index (κ3) is 3.26. The molecule has 2 heterocycles. The molecule has 0 bridgehead atoms. The van der Waals surface area contributed by atoms with Crippen LogP contribution < -0.4 is 10.6 Å². The fourth-order valence-corrected chi connectivity index (χ4v) is 1.82.